The van der Waals surface area contributed by atoms with Crippen molar-refractivity contribution < 1.29 is 14.6 Å². The minimum Gasteiger partial charge on any atom is -0.480 e. The third-order valence-electron chi connectivity index (χ3n) is 1.60. The number of rotatable bonds is 5. The molecule has 16 heavy (non-hydrogen) atoms. The highest BCUT2D eigenvalue weighted by Gasteiger charge is 2.04. The van der Waals surface area contributed by atoms with Gasteiger partial charge in [-0.05, 0) is 26.0 Å². The van der Waals surface area contributed by atoms with Gasteiger partial charge >= 0.3 is 5.97 Å². The summed E-state index contributed by atoms with van der Waals surface area (Å²) in [4.78, 5) is 18.1. The fourth-order valence-electron chi connectivity index (χ4n) is 1.05. The van der Waals surface area contributed by atoms with Crippen LogP contribution in [-0.4, -0.2) is 34.9 Å². The molecule has 1 rings (SSSR count). The smallest absolute Gasteiger partial charge is 0.325 e. The number of hydrogen-bond acceptors (Lipinski definition) is 4. The Morgan fingerprint density at radius 3 is 3.06 bits per heavy atom. The van der Waals surface area contributed by atoms with E-state index in [1.54, 1.807) is 18.3 Å². The Labute approximate surface area is 93.8 Å². The number of carbonyl (C=O) groups is 1. The number of nitrogens with zero attached hydrogens (tertiary/aromatic N) is 2. The summed E-state index contributed by atoms with van der Waals surface area (Å²) >= 11 is 0. The molecule has 0 radical (unpaired) electrons. The van der Waals surface area contributed by atoms with Gasteiger partial charge in [0.05, 0.1) is 11.7 Å². The van der Waals surface area contributed by atoms with E-state index < -0.39 is 5.97 Å². The van der Waals surface area contributed by atoms with Crippen LogP contribution in [0.15, 0.2) is 23.3 Å². The number of aliphatic carboxylic acids is 1. The number of ether oxygens (including phenoxy) is 1. The predicted octanol–water partition coefficient (Wildman–Crippen LogP) is 1.37. The molecule has 0 amide bonds. The van der Waals surface area contributed by atoms with Crippen molar-refractivity contribution in [1.82, 2.24) is 4.98 Å². The van der Waals surface area contributed by atoms with Crippen LogP contribution < -0.4 is 4.74 Å². The molecule has 1 heterocycles. The van der Waals surface area contributed by atoms with Crippen LogP contribution in [0.2, 0.25) is 0 Å². The molecular weight excluding hydrogens is 208 g/mol. The third kappa shape index (κ3) is 4.08. The normalized spacial score (nSPS) is 10.9. The van der Waals surface area contributed by atoms with Crippen molar-refractivity contribution in [3.05, 3.63) is 23.9 Å². The van der Waals surface area contributed by atoms with Crippen LogP contribution in [0.5, 0.6) is 5.88 Å². The first kappa shape index (κ1) is 12.2. The average molecular weight is 222 g/mol. The first-order chi connectivity index (χ1) is 7.59. The fourth-order valence-corrected chi connectivity index (χ4v) is 1.05. The number of aromatic nitrogens is 1. The van der Waals surface area contributed by atoms with E-state index in [0.717, 1.165) is 0 Å². The lowest BCUT2D eigenvalue weighted by molar-refractivity contribution is -0.135. The monoisotopic (exact) mass is 222 g/mol. The Morgan fingerprint density at radius 1 is 1.69 bits per heavy atom. The molecule has 0 fully saturated rings. The summed E-state index contributed by atoms with van der Waals surface area (Å²) in [5.74, 6) is -0.502. The van der Waals surface area contributed by atoms with Crippen molar-refractivity contribution in [1.29, 1.82) is 0 Å². The molecule has 5 nitrogen and oxygen atoms in total. The fraction of sp³-hybridized carbons (Fsp3) is 0.364. The summed E-state index contributed by atoms with van der Waals surface area (Å²) in [5, 5.41) is 8.45. The number of hydrogen-bond donors (Lipinski definition) is 1. The Hall–Kier alpha value is -1.91. The predicted molar refractivity (Wildman–Crippen MR) is 60.1 cm³/mol. The molecule has 0 aliphatic heterocycles. The van der Waals surface area contributed by atoms with Crippen molar-refractivity contribution in [2.24, 2.45) is 4.99 Å². The van der Waals surface area contributed by atoms with E-state index in [2.05, 4.69) is 9.98 Å². The van der Waals surface area contributed by atoms with Crippen LogP contribution in [0, 0.1) is 0 Å². The highest BCUT2D eigenvalue weighted by molar-refractivity contribution is 5.84. The van der Waals surface area contributed by atoms with Gasteiger partial charge in [0.15, 0.2) is 0 Å². The molecule has 1 aromatic heterocycles. The Bertz CT molecular complexity index is 389. The molecule has 0 saturated carbocycles. The molecule has 0 spiro atoms. The van der Waals surface area contributed by atoms with Gasteiger partial charge in [-0.15, -0.1) is 0 Å². The van der Waals surface area contributed by atoms with Crippen molar-refractivity contribution in [3.63, 3.8) is 0 Å². The molecule has 0 aliphatic rings. The number of carboxylic acids is 1. The lowest BCUT2D eigenvalue weighted by Gasteiger charge is -2.10. The Balaban J connectivity index is 2.78. The lowest BCUT2D eigenvalue weighted by Crippen LogP contribution is -2.09. The van der Waals surface area contributed by atoms with Gasteiger partial charge in [0.2, 0.25) is 5.88 Å². The van der Waals surface area contributed by atoms with Gasteiger partial charge in [0, 0.05) is 12.4 Å². The number of aliphatic imine (C=N–C) groups is 1. The van der Waals surface area contributed by atoms with Gasteiger partial charge in [-0.2, -0.15) is 0 Å². The van der Waals surface area contributed by atoms with Crippen molar-refractivity contribution >= 4 is 12.2 Å². The first-order valence-corrected chi connectivity index (χ1v) is 4.93. The van der Waals surface area contributed by atoms with Gasteiger partial charge in [-0.25, -0.2) is 4.98 Å². The van der Waals surface area contributed by atoms with E-state index in [1.165, 1.54) is 6.21 Å². The summed E-state index contributed by atoms with van der Waals surface area (Å²) in [6.07, 6.45) is 3.09. The Morgan fingerprint density at radius 2 is 2.44 bits per heavy atom. The molecular formula is C11H14N2O3. The van der Waals surface area contributed by atoms with Crippen molar-refractivity contribution in [3.8, 4) is 5.88 Å². The van der Waals surface area contributed by atoms with Crippen LogP contribution in [0.4, 0.5) is 0 Å². The standard InChI is InChI=1S/C11H14N2O3/c1-8(2)16-11-9(4-3-5-13-11)6-12-7-10(14)15/h3-6,8H,7H2,1-2H3,(H,14,15). The highest BCUT2D eigenvalue weighted by Crippen LogP contribution is 2.13. The second-order valence-electron chi connectivity index (χ2n) is 3.43. The maximum Gasteiger partial charge on any atom is 0.325 e. The van der Waals surface area contributed by atoms with Gasteiger partial charge in [0.1, 0.15) is 6.54 Å². The van der Waals surface area contributed by atoms with Gasteiger partial charge in [-0.1, -0.05) is 0 Å². The topological polar surface area (TPSA) is 71.8 Å². The zero-order valence-electron chi connectivity index (χ0n) is 9.25. The molecule has 0 bridgehead atoms. The number of carboxylic acid groups (broad SMARTS) is 1. The van der Waals surface area contributed by atoms with E-state index >= 15 is 0 Å². The molecule has 0 atom stereocenters. The molecule has 1 aromatic rings. The van der Waals surface area contributed by atoms with Crippen LogP contribution in [0.1, 0.15) is 19.4 Å². The number of pyridine rings is 1. The van der Waals surface area contributed by atoms with Crippen LogP contribution in [-0.2, 0) is 4.79 Å². The summed E-state index contributed by atoms with van der Waals surface area (Å²) in [7, 11) is 0. The van der Waals surface area contributed by atoms with E-state index in [-0.39, 0.29) is 12.6 Å². The van der Waals surface area contributed by atoms with Crippen molar-refractivity contribution in [2.75, 3.05) is 6.54 Å². The zero-order chi connectivity index (χ0) is 12.0. The first-order valence-electron chi connectivity index (χ1n) is 4.93. The van der Waals surface area contributed by atoms with Gasteiger partial charge in [-0.3, -0.25) is 9.79 Å². The summed E-state index contributed by atoms with van der Waals surface area (Å²) in [6.45, 7) is 3.54. The third-order valence-corrected chi connectivity index (χ3v) is 1.60. The second kappa shape index (κ2) is 5.85. The van der Waals surface area contributed by atoms with Crippen molar-refractivity contribution in [2.45, 2.75) is 20.0 Å². The summed E-state index contributed by atoms with van der Waals surface area (Å²) in [5.41, 5.74) is 0.678. The second-order valence-corrected chi connectivity index (χ2v) is 3.43. The highest BCUT2D eigenvalue weighted by atomic mass is 16.5. The van der Waals surface area contributed by atoms with Crippen LogP contribution >= 0.6 is 0 Å². The van der Waals surface area contributed by atoms with E-state index in [1.807, 2.05) is 13.8 Å². The van der Waals surface area contributed by atoms with E-state index in [4.69, 9.17) is 9.84 Å². The van der Waals surface area contributed by atoms with E-state index in [0.29, 0.717) is 11.4 Å². The molecule has 86 valence electrons. The maximum absolute atomic E-state index is 10.3. The molecule has 0 saturated heterocycles. The molecule has 0 unspecified atom stereocenters. The SMILES string of the molecule is CC(C)Oc1ncccc1C=NCC(=O)O. The maximum atomic E-state index is 10.3. The molecule has 0 aromatic carbocycles. The van der Waals surface area contributed by atoms with E-state index in [9.17, 15) is 4.79 Å². The zero-order valence-corrected chi connectivity index (χ0v) is 9.25. The van der Waals surface area contributed by atoms with Crippen LogP contribution in [0.25, 0.3) is 0 Å². The van der Waals surface area contributed by atoms with Gasteiger partial charge in [0.25, 0.3) is 0 Å². The summed E-state index contributed by atoms with van der Waals surface area (Å²) < 4.78 is 5.45. The lowest BCUT2D eigenvalue weighted by atomic mass is 10.3. The molecule has 1 N–H and O–H groups in total. The van der Waals surface area contributed by atoms with Crippen LogP contribution in [0.3, 0.4) is 0 Å². The minimum absolute atomic E-state index is 0.0153. The molecule has 0 aliphatic carbocycles. The average Bonchev–Trinajstić information content (AvgIpc) is 2.19. The minimum atomic E-state index is -0.966. The summed E-state index contributed by atoms with van der Waals surface area (Å²) in [6, 6.07) is 3.52. The Kier molecular flexibility index (Phi) is 4.44. The molecule has 5 heteroatoms. The largest absolute Gasteiger partial charge is 0.480 e. The quantitative estimate of drug-likeness (QED) is 0.764. The van der Waals surface area contributed by atoms with Gasteiger partial charge < -0.3 is 9.84 Å².